The van der Waals surface area contributed by atoms with Gasteiger partial charge in [-0.1, -0.05) is 23.7 Å². The van der Waals surface area contributed by atoms with E-state index in [-0.39, 0.29) is 11.8 Å². The number of pyridine rings is 1. The lowest BCUT2D eigenvalue weighted by Crippen LogP contribution is -2.36. The van der Waals surface area contributed by atoms with Crippen LogP contribution in [-0.2, 0) is 4.74 Å². The van der Waals surface area contributed by atoms with Crippen molar-refractivity contribution in [1.82, 2.24) is 4.98 Å². The molecule has 2 heterocycles. The molecule has 0 saturated carbocycles. The summed E-state index contributed by atoms with van der Waals surface area (Å²) in [5.41, 5.74) is 2.30. The van der Waals surface area contributed by atoms with Gasteiger partial charge in [0.05, 0.1) is 29.5 Å². The van der Waals surface area contributed by atoms with Crippen molar-refractivity contribution in [2.75, 3.05) is 41.8 Å². The van der Waals surface area contributed by atoms with Crippen molar-refractivity contribution in [2.24, 2.45) is 0 Å². The maximum atomic E-state index is 12.8. The summed E-state index contributed by atoms with van der Waals surface area (Å²) in [4.78, 5) is 31.8. The monoisotopic (exact) mass is 436 g/mol. The lowest BCUT2D eigenvalue weighted by Gasteiger charge is -2.28. The van der Waals surface area contributed by atoms with Gasteiger partial charge in [0.2, 0.25) is 0 Å². The Morgan fingerprint density at radius 2 is 1.65 bits per heavy atom. The Morgan fingerprint density at radius 3 is 2.35 bits per heavy atom. The molecule has 0 unspecified atom stereocenters. The highest BCUT2D eigenvalue weighted by Crippen LogP contribution is 2.20. The van der Waals surface area contributed by atoms with Crippen LogP contribution in [0.15, 0.2) is 66.9 Å². The molecule has 8 heteroatoms. The van der Waals surface area contributed by atoms with E-state index in [0.717, 1.165) is 18.8 Å². The summed E-state index contributed by atoms with van der Waals surface area (Å²) in [6, 6.07) is 17.5. The molecule has 1 aliphatic rings. The molecule has 1 fully saturated rings. The van der Waals surface area contributed by atoms with Crippen LogP contribution in [0, 0.1) is 0 Å². The molecular weight excluding hydrogens is 416 g/mol. The van der Waals surface area contributed by atoms with Gasteiger partial charge in [0, 0.05) is 30.5 Å². The number of amides is 2. The molecule has 0 aliphatic carbocycles. The van der Waals surface area contributed by atoms with Crippen molar-refractivity contribution in [3.05, 3.63) is 83.0 Å². The van der Waals surface area contributed by atoms with E-state index >= 15 is 0 Å². The molecule has 1 saturated heterocycles. The average molecular weight is 437 g/mol. The number of carbonyl (C=O) groups excluding carboxylic acids is 2. The van der Waals surface area contributed by atoms with Crippen LogP contribution in [0.4, 0.5) is 17.2 Å². The average Bonchev–Trinajstić information content (AvgIpc) is 2.81. The number of ether oxygens (including phenoxy) is 1. The van der Waals surface area contributed by atoms with Gasteiger partial charge in [-0.15, -0.1) is 0 Å². The molecule has 1 aromatic heterocycles. The van der Waals surface area contributed by atoms with Crippen molar-refractivity contribution < 1.29 is 14.3 Å². The number of nitrogens with zero attached hydrogens (tertiary/aromatic N) is 2. The first-order chi connectivity index (χ1) is 15.1. The molecule has 0 spiro atoms. The topological polar surface area (TPSA) is 83.6 Å². The fraction of sp³-hybridized carbons (Fsp3) is 0.174. The lowest BCUT2D eigenvalue weighted by atomic mass is 10.1. The van der Waals surface area contributed by atoms with Gasteiger partial charge in [0.1, 0.15) is 5.82 Å². The SMILES string of the molecule is O=C(Nc1ccccc1C(=O)Nc1ccc(Cl)cn1)c1ccc(N2CCOCC2)cc1. The van der Waals surface area contributed by atoms with Gasteiger partial charge in [0.25, 0.3) is 11.8 Å². The summed E-state index contributed by atoms with van der Waals surface area (Å²) in [7, 11) is 0. The van der Waals surface area contributed by atoms with Crippen LogP contribution >= 0.6 is 11.6 Å². The van der Waals surface area contributed by atoms with Crippen molar-refractivity contribution in [3.63, 3.8) is 0 Å². The van der Waals surface area contributed by atoms with Crippen LogP contribution in [0.1, 0.15) is 20.7 Å². The number of nitrogens with one attached hydrogen (secondary N) is 2. The number of carbonyl (C=O) groups is 2. The molecule has 0 bridgehead atoms. The maximum absolute atomic E-state index is 12.8. The van der Waals surface area contributed by atoms with Crippen molar-refractivity contribution in [3.8, 4) is 0 Å². The number of morpholine rings is 1. The zero-order valence-electron chi connectivity index (χ0n) is 16.7. The standard InChI is InChI=1S/C23H21ClN4O3/c24-17-7-10-21(25-15-17)27-23(30)19-3-1-2-4-20(19)26-22(29)16-5-8-18(9-6-16)28-11-13-31-14-12-28/h1-10,15H,11-14H2,(H,26,29)(H,25,27,30). The molecule has 7 nitrogen and oxygen atoms in total. The van der Waals surface area contributed by atoms with Gasteiger partial charge in [-0.3, -0.25) is 9.59 Å². The minimum absolute atomic E-state index is 0.293. The van der Waals surface area contributed by atoms with Gasteiger partial charge >= 0.3 is 0 Å². The van der Waals surface area contributed by atoms with Crippen molar-refractivity contribution in [2.45, 2.75) is 0 Å². The molecule has 158 valence electrons. The highest BCUT2D eigenvalue weighted by atomic mass is 35.5. The quantitative estimate of drug-likeness (QED) is 0.629. The van der Waals surface area contributed by atoms with E-state index in [9.17, 15) is 9.59 Å². The summed E-state index contributed by atoms with van der Waals surface area (Å²) in [5, 5.41) is 6.01. The number of rotatable bonds is 5. The summed E-state index contributed by atoms with van der Waals surface area (Å²) in [6.45, 7) is 3.06. The molecule has 0 radical (unpaired) electrons. The zero-order chi connectivity index (χ0) is 21.6. The van der Waals surface area contributed by atoms with Gasteiger partial charge < -0.3 is 20.3 Å². The minimum atomic E-state index is -0.381. The Hall–Kier alpha value is -3.42. The van der Waals surface area contributed by atoms with Crippen LogP contribution in [-0.4, -0.2) is 43.1 Å². The lowest BCUT2D eigenvalue weighted by molar-refractivity contribution is 0.102. The van der Waals surface area contributed by atoms with E-state index in [1.807, 2.05) is 12.1 Å². The van der Waals surface area contributed by atoms with Crippen molar-refractivity contribution >= 4 is 40.6 Å². The zero-order valence-corrected chi connectivity index (χ0v) is 17.4. The van der Waals surface area contributed by atoms with Crippen LogP contribution in [0.25, 0.3) is 0 Å². The second-order valence-electron chi connectivity index (χ2n) is 6.96. The van der Waals surface area contributed by atoms with E-state index in [1.165, 1.54) is 6.20 Å². The third-order valence-electron chi connectivity index (χ3n) is 4.89. The molecule has 2 aromatic carbocycles. The summed E-state index contributed by atoms with van der Waals surface area (Å²) < 4.78 is 5.37. The number of para-hydroxylation sites is 1. The van der Waals surface area contributed by atoms with E-state index in [0.29, 0.717) is 40.9 Å². The van der Waals surface area contributed by atoms with Gasteiger partial charge in [0.15, 0.2) is 0 Å². The van der Waals surface area contributed by atoms with Crippen LogP contribution in [0.2, 0.25) is 5.02 Å². The summed E-state index contributed by atoms with van der Waals surface area (Å²) in [6.07, 6.45) is 1.45. The largest absolute Gasteiger partial charge is 0.378 e. The minimum Gasteiger partial charge on any atom is -0.378 e. The van der Waals surface area contributed by atoms with Crippen LogP contribution in [0.3, 0.4) is 0 Å². The van der Waals surface area contributed by atoms with Crippen LogP contribution < -0.4 is 15.5 Å². The molecule has 3 aromatic rings. The molecular formula is C23H21ClN4O3. The van der Waals surface area contributed by atoms with E-state index in [2.05, 4.69) is 20.5 Å². The number of hydrogen-bond acceptors (Lipinski definition) is 5. The van der Waals surface area contributed by atoms with E-state index in [1.54, 1.807) is 48.5 Å². The smallest absolute Gasteiger partial charge is 0.258 e. The third kappa shape index (κ3) is 5.20. The first-order valence-electron chi connectivity index (χ1n) is 9.86. The Balaban J connectivity index is 1.46. The number of anilines is 3. The second-order valence-corrected chi connectivity index (χ2v) is 7.40. The second kappa shape index (κ2) is 9.59. The van der Waals surface area contributed by atoms with E-state index in [4.69, 9.17) is 16.3 Å². The predicted molar refractivity (Wildman–Crippen MR) is 121 cm³/mol. The highest BCUT2D eigenvalue weighted by molar-refractivity contribution is 6.30. The third-order valence-corrected chi connectivity index (χ3v) is 5.12. The molecule has 0 atom stereocenters. The van der Waals surface area contributed by atoms with E-state index < -0.39 is 0 Å². The first-order valence-corrected chi connectivity index (χ1v) is 10.2. The predicted octanol–water partition coefficient (Wildman–Crippen LogP) is 4.08. The molecule has 31 heavy (non-hydrogen) atoms. The van der Waals surface area contributed by atoms with Gasteiger partial charge in [-0.2, -0.15) is 0 Å². The Morgan fingerprint density at radius 1 is 0.903 bits per heavy atom. The highest BCUT2D eigenvalue weighted by Gasteiger charge is 2.16. The number of halogens is 1. The first kappa shape index (κ1) is 20.8. The molecule has 1 aliphatic heterocycles. The molecule has 2 amide bonds. The normalized spacial score (nSPS) is 13.5. The number of benzene rings is 2. The Bertz CT molecular complexity index is 1060. The Labute approximate surface area is 185 Å². The summed E-state index contributed by atoms with van der Waals surface area (Å²) >= 11 is 5.83. The molecule has 2 N–H and O–H groups in total. The van der Waals surface area contributed by atoms with Crippen molar-refractivity contribution in [1.29, 1.82) is 0 Å². The van der Waals surface area contributed by atoms with Gasteiger partial charge in [-0.25, -0.2) is 4.98 Å². The maximum Gasteiger partial charge on any atom is 0.258 e. The number of hydrogen-bond donors (Lipinski definition) is 2. The summed E-state index contributed by atoms with van der Waals surface area (Å²) in [5.74, 6) is -0.305. The fourth-order valence-corrected chi connectivity index (χ4v) is 3.37. The number of aromatic nitrogens is 1. The molecule has 4 rings (SSSR count). The fourth-order valence-electron chi connectivity index (χ4n) is 3.26. The van der Waals surface area contributed by atoms with Gasteiger partial charge in [-0.05, 0) is 48.5 Å². The Kier molecular flexibility index (Phi) is 6.45. The van der Waals surface area contributed by atoms with Crippen LogP contribution in [0.5, 0.6) is 0 Å².